The average Bonchev–Trinajstić information content (AvgIpc) is 2.47. The molecule has 1 unspecified atom stereocenters. The zero-order chi connectivity index (χ0) is 14.8. The third-order valence-electron chi connectivity index (χ3n) is 3.33. The highest BCUT2D eigenvalue weighted by Crippen LogP contribution is 2.28. The lowest BCUT2D eigenvalue weighted by atomic mass is 10.1. The molecule has 0 radical (unpaired) electrons. The molecule has 1 heterocycles. The fourth-order valence-corrected chi connectivity index (χ4v) is 2.59. The van der Waals surface area contributed by atoms with Gasteiger partial charge in [0.05, 0.1) is 11.6 Å². The molecule has 1 N–H and O–H groups in total. The highest BCUT2D eigenvalue weighted by molar-refractivity contribution is 6.31. The minimum atomic E-state index is -0.344. The summed E-state index contributed by atoms with van der Waals surface area (Å²) in [5, 5.41) is 4.64. The Labute approximate surface area is 126 Å². The summed E-state index contributed by atoms with van der Waals surface area (Å²) < 4.78 is 13.1. The average molecular weight is 302 g/mol. The van der Waals surface area contributed by atoms with Crippen LogP contribution in [0.15, 0.2) is 48.8 Å². The van der Waals surface area contributed by atoms with Crippen LogP contribution in [0, 0.1) is 5.82 Å². The summed E-state index contributed by atoms with van der Waals surface area (Å²) in [6.45, 7) is 1.95. The number of benzene rings is 2. The Morgan fingerprint density at radius 2 is 1.95 bits per heavy atom. The van der Waals surface area contributed by atoms with Crippen molar-refractivity contribution in [2.75, 3.05) is 5.32 Å². The maximum absolute atomic E-state index is 13.1. The molecule has 1 aromatic heterocycles. The minimum Gasteiger partial charge on any atom is -0.363 e. The lowest BCUT2D eigenvalue weighted by Gasteiger charge is -2.17. The second-order valence-electron chi connectivity index (χ2n) is 4.77. The van der Waals surface area contributed by atoms with Gasteiger partial charge in [0.15, 0.2) is 0 Å². The van der Waals surface area contributed by atoms with Crippen LogP contribution in [0.3, 0.4) is 0 Å². The Morgan fingerprint density at radius 3 is 2.76 bits per heavy atom. The second-order valence-corrected chi connectivity index (χ2v) is 5.18. The third kappa shape index (κ3) is 2.81. The Kier molecular flexibility index (Phi) is 3.71. The van der Waals surface area contributed by atoms with Gasteiger partial charge in [0.2, 0.25) is 0 Å². The lowest BCUT2D eigenvalue weighted by Crippen LogP contribution is -2.09. The van der Waals surface area contributed by atoms with Crippen molar-refractivity contribution >= 4 is 28.3 Å². The molecule has 2 aromatic carbocycles. The van der Waals surface area contributed by atoms with Gasteiger partial charge in [-0.25, -0.2) is 14.4 Å². The van der Waals surface area contributed by atoms with Gasteiger partial charge in [-0.05, 0) is 36.8 Å². The summed E-state index contributed by atoms with van der Waals surface area (Å²) in [5.41, 5.74) is 1.69. The van der Waals surface area contributed by atoms with E-state index < -0.39 is 0 Å². The van der Waals surface area contributed by atoms with E-state index in [9.17, 15) is 4.39 Å². The zero-order valence-corrected chi connectivity index (χ0v) is 12.1. The molecular weight excluding hydrogens is 289 g/mol. The van der Waals surface area contributed by atoms with Crippen molar-refractivity contribution < 1.29 is 4.39 Å². The predicted octanol–water partition coefficient (Wildman–Crippen LogP) is 4.60. The normalized spacial score (nSPS) is 12.3. The number of rotatable bonds is 3. The largest absolute Gasteiger partial charge is 0.363 e. The Bertz CT molecular complexity index is 786. The summed E-state index contributed by atoms with van der Waals surface area (Å²) >= 11 is 6.10. The highest BCUT2D eigenvalue weighted by Gasteiger charge is 2.12. The number of fused-ring (bicyclic) bond motifs is 1. The van der Waals surface area contributed by atoms with Crippen LogP contribution in [-0.2, 0) is 0 Å². The number of para-hydroxylation sites is 1. The van der Waals surface area contributed by atoms with Crippen molar-refractivity contribution in [1.29, 1.82) is 0 Å². The summed E-state index contributed by atoms with van der Waals surface area (Å²) in [6.07, 6.45) is 1.52. The predicted molar refractivity (Wildman–Crippen MR) is 83.0 cm³/mol. The van der Waals surface area contributed by atoms with Crippen LogP contribution in [0.2, 0.25) is 5.02 Å². The summed E-state index contributed by atoms with van der Waals surface area (Å²) in [4.78, 5) is 8.50. The molecule has 0 amide bonds. The second kappa shape index (κ2) is 5.66. The van der Waals surface area contributed by atoms with E-state index in [-0.39, 0.29) is 11.9 Å². The maximum Gasteiger partial charge on any atom is 0.137 e. The molecule has 21 heavy (non-hydrogen) atoms. The lowest BCUT2D eigenvalue weighted by molar-refractivity contribution is 0.626. The molecular formula is C16H13ClFN3. The van der Waals surface area contributed by atoms with Gasteiger partial charge in [-0.3, -0.25) is 0 Å². The quantitative estimate of drug-likeness (QED) is 0.768. The highest BCUT2D eigenvalue weighted by atomic mass is 35.5. The first kappa shape index (κ1) is 13.8. The number of halogens is 2. The van der Waals surface area contributed by atoms with Crippen LogP contribution in [0.5, 0.6) is 0 Å². The summed E-state index contributed by atoms with van der Waals surface area (Å²) in [7, 11) is 0. The molecule has 0 saturated carbocycles. The standard InChI is InChI=1S/C16H13ClFN3/c1-10(12-7-6-11(18)8-14(12)17)21-16-13-4-2-3-5-15(13)19-9-20-16/h2-10H,1H3,(H,19,20,21). The number of nitrogens with zero attached hydrogens (tertiary/aromatic N) is 2. The van der Waals surface area contributed by atoms with E-state index in [1.165, 1.54) is 18.5 Å². The molecule has 5 heteroatoms. The number of anilines is 1. The first-order valence-electron chi connectivity index (χ1n) is 6.56. The fourth-order valence-electron chi connectivity index (χ4n) is 2.26. The van der Waals surface area contributed by atoms with Crippen molar-refractivity contribution in [3.63, 3.8) is 0 Å². The van der Waals surface area contributed by atoms with E-state index in [0.717, 1.165) is 22.3 Å². The maximum atomic E-state index is 13.1. The van der Waals surface area contributed by atoms with Crippen molar-refractivity contribution in [1.82, 2.24) is 9.97 Å². The van der Waals surface area contributed by atoms with Gasteiger partial charge < -0.3 is 5.32 Å². The SMILES string of the molecule is CC(Nc1ncnc2ccccc12)c1ccc(F)cc1Cl. The van der Waals surface area contributed by atoms with Crippen LogP contribution in [0.25, 0.3) is 10.9 Å². The Hall–Kier alpha value is -2.20. The molecule has 106 valence electrons. The molecule has 0 aliphatic carbocycles. The molecule has 0 aliphatic heterocycles. The van der Waals surface area contributed by atoms with E-state index in [2.05, 4.69) is 15.3 Å². The van der Waals surface area contributed by atoms with Gasteiger partial charge >= 0.3 is 0 Å². The Morgan fingerprint density at radius 1 is 1.14 bits per heavy atom. The van der Waals surface area contributed by atoms with E-state index in [1.807, 2.05) is 31.2 Å². The van der Waals surface area contributed by atoms with Crippen molar-refractivity contribution in [3.8, 4) is 0 Å². The monoisotopic (exact) mass is 301 g/mol. The first-order valence-corrected chi connectivity index (χ1v) is 6.94. The van der Waals surface area contributed by atoms with Gasteiger partial charge in [0, 0.05) is 10.4 Å². The van der Waals surface area contributed by atoms with Gasteiger partial charge in [-0.15, -0.1) is 0 Å². The minimum absolute atomic E-state index is 0.101. The van der Waals surface area contributed by atoms with Crippen LogP contribution >= 0.6 is 11.6 Å². The van der Waals surface area contributed by atoms with Crippen molar-refractivity contribution in [2.24, 2.45) is 0 Å². The van der Waals surface area contributed by atoms with Crippen LogP contribution in [0.4, 0.5) is 10.2 Å². The molecule has 3 aromatic rings. The van der Waals surface area contributed by atoms with Gasteiger partial charge in [-0.1, -0.05) is 29.8 Å². The van der Waals surface area contributed by atoms with Gasteiger partial charge in [-0.2, -0.15) is 0 Å². The van der Waals surface area contributed by atoms with Crippen LogP contribution < -0.4 is 5.32 Å². The van der Waals surface area contributed by atoms with E-state index in [0.29, 0.717) is 5.02 Å². The Balaban J connectivity index is 1.94. The first-order chi connectivity index (χ1) is 10.1. The van der Waals surface area contributed by atoms with Crippen molar-refractivity contribution in [2.45, 2.75) is 13.0 Å². The molecule has 3 rings (SSSR count). The van der Waals surface area contributed by atoms with Crippen LogP contribution in [0.1, 0.15) is 18.5 Å². The topological polar surface area (TPSA) is 37.8 Å². The smallest absolute Gasteiger partial charge is 0.137 e. The number of hydrogen-bond acceptors (Lipinski definition) is 3. The van der Waals surface area contributed by atoms with Crippen molar-refractivity contribution in [3.05, 3.63) is 65.2 Å². The molecule has 0 aliphatic rings. The fraction of sp³-hybridized carbons (Fsp3) is 0.125. The van der Waals surface area contributed by atoms with E-state index >= 15 is 0 Å². The number of nitrogens with one attached hydrogen (secondary N) is 1. The summed E-state index contributed by atoms with van der Waals surface area (Å²) in [6, 6.07) is 12.0. The molecule has 1 atom stereocenters. The van der Waals surface area contributed by atoms with E-state index in [4.69, 9.17) is 11.6 Å². The number of aromatic nitrogens is 2. The third-order valence-corrected chi connectivity index (χ3v) is 3.65. The molecule has 0 spiro atoms. The van der Waals surface area contributed by atoms with Crippen LogP contribution in [-0.4, -0.2) is 9.97 Å². The van der Waals surface area contributed by atoms with Gasteiger partial charge in [0.25, 0.3) is 0 Å². The van der Waals surface area contributed by atoms with Gasteiger partial charge in [0.1, 0.15) is 18.0 Å². The number of hydrogen-bond donors (Lipinski definition) is 1. The molecule has 3 nitrogen and oxygen atoms in total. The zero-order valence-electron chi connectivity index (χ0n) is 11.3. The molecule has 0 bridgehead atoms. The molecule has 0 fully saturated rings. The summed E-state index contributed by atoms with van der Waals surface area (Å²) in [5.74, 6) is 0.386. The molecule has 0 saturated heterocycles. The van der Waals surface area contributed by atoms with E-state index in [1.54, 1.807) is 6.07 Å².